The number of hydrogen-bond acceptors (Lipinski definition) is 5. The molecule has 106 valence electrons. The van der Waals surface area contributed by atoms with Crippen LogP contribution < -0.4 is 11.1 Å². The number of nitrogens with zero attached hydrogens (tertiary/aromatic N) is 2. The molecule has 4 N–H and O–H groups in total. The van der Waals surface area contributed by atoms with E-state index in [1.54, 1.807) is 13.8 Å². The van der Waals surface area contributed by atoms with Gasteiger partial charge in [0.25, 0.3) is 11.6 Å². The first-order valence-corrected chi connectivity index (χ1v) is 5.99. The Morgan fingerprint density at radius 2 is 2.25 bits per heavy atom. The van der Waals surface area contributed by atoms with Crippen LogP contribution in [0.4, 0.5) is 5.69 Å². The molecule has 1 amide bonds. The number of aromatic nitrogens is 2. The van der Waals surface area contributed by atoms with Crippen LogP contribution in [-0.4, -0.2) is 33.1 Å². The van der Waals surface area contributed by atoms with E-state index < -0.39 is 16.4 Å². The number of nitro benzene ring substituents is 1. The number of carbonyl (C=O) groups excluding carboxylic acids is 1. The van der Waals surface area contributed by atoms with Gasteiger partial charge in [-0.1, -0.05) is 0 Å². The summed E-state index contributed by atoms with van der Waals surface area (Å²) < 4.78 is 0. The second-order valence-electron chi connectivity index (χ2n) is 5.10. The first-order valence-electron chi connectivity index (χ1n) is 5.99. The Labute approximate surface area is 114 Å². The standard InChI is InChI=1S/C12H15N5O3/c1-12(2,6-13)14-11(18)10-8-5-7(17(19)20)3-4-9(8)15-16-10/h3-5H,6,13H2,1-2H3,(H,14,18)(H,15,16). The molecule has 1 aromatic heterocycles. The maximum absolute atomic E-state index is 12.2. The molecule has 0 atom stereocenters. The highest BCUT2D eigenvalue weighted by molar-refractivity contribution is 6.05. The summed E-state index contributed by atoms with van der Waals surface area (Å²) in [5.41, 5.74) is 5.56. The number of nitro groups is 1. The van der Waals surface area contributed by atoms with Gasteiger partial charge in [-0.3, -0.25) is 20.0 Å². The fourth-order valence-corrected chi connectivity index (χ4v) is 1.71. The molecule has 0 spiro atoms. The minimum Gasteiger partial charge on any atom is -0.344 e. The Bertz CT molecular complexity index is 677. The highest BCUT2D eigenvalue weighted by Gasteiger charge is 2.23. The van der Waals surface area contributed by atoms with E-state index in [4.69, 9.17) is 5.73 Å². The lowest BCUT2D eigenvalue weighted by Crippen LogP contribution is -2.49. The first-order chi connectivity index (χ1) is 9.34. The molecule has 0 saturated carbocycles. The zero-order valence-corrected chi connectivity index (χ0v) is 11.1. The van der Waals surface area contributed by atoms with Crippen LogP contribution in [0.3, 0.4) is 0 Å². The number of nitrogens with one attached hydrogen (secondary N) is 2. The van der Waals surface area contributed by atoms with Crippen LogP contribution in [0.25, 0.3) is 10.9 Å². The average molecular weight is 277 g/mol. The van der Waals surface area contributed by atoms with E-state index in [0.29, 0.717) is 10.9 Å². The quantitative estimate of drug-likeness (QED) is 0.566. The third kappa shape index (κ3) is 2.59. The molecule has 2 rings (SSSR count). The van der Waals surface area contributed by atoms with Crippen molar-refractivity contribution in [2.24, 2.45) is 5.73 Å². The Morgan fingerprint density at radius 1 is 1.55 bits per heavy atom. The highest BCUT2D eigenvalue weighted by atomic mass is 16.6. The van der Waals surface area contributed by atoms with E-state index in [1.165, 1.54) is 18.2 Å². The van der Waals surface area contributed by atoms with Gasteiger partial charge in [0, 0.05) is 29.6 Å². The average Bonchev–Trinajstić information content (AvgIpc) is 2.80. The van der Waals surface area contributed by atoms with Gasteiger partial charge >= 0.3 is 0 Å². The Balaban J connectivity index is 2.42. The van der Waals surface area contributed by atoms with Crippen molar-refractivity contribution in [3.63, 3.8) is 0 Å². The zero-order chi connectivity index (χ0) is 14.9. The van der Waals surface area contributed by atoms with E-state index in [-0.39, 0.29) is 17.9 Å². The van der Waals surface area contributed by atoms with Crippen molar-refractivity contribution >= 4 is 22.5 Å². The molecule has 0 aliphatic rings. The largest absolute Gasteiger partial charge is 0.344 e. The van der Waals surface area contributed by atoms with Crippen molar-refractivity contribution in [1.82, 2.24) is 15.5 Å². The lowest BCUT2D eigenvalue weighted by molar-refractivity contribution is -0.384. The Kier molecular flexibility index (Phi) is 3.41. The number of nitrogens with two attached hydrogens (primary N) is 1. The number of H-pyrrole nitrogens is 1. The van der Waals surface area contributed by atoms with Crippen LogP contribution in [-0.2, 0) is 0 Å². The second kappa shape index (κ2) is 4.89. The van der Waals surface area contributed by atoms with Gasteiger partial charge in [0.15, 0.2) is 5.69 Å². The number of amides is 1. The molecule has 1 heterocycles. The minimum absolute atomic E-state index is 0.0916. The fraction of sp³-hybridized carbons (Fsp3) is 0.333. The molecular weight excluding hydrogens is 262 g/mol. The lowest BCUT2D eigenvalue weighted by Gasteiger charge is -2.23. The number of benzene rings is 1. The summed E-state index contributed by atoms with van der Waals surface area (Å²) in [7, 11) is 0. The molecule has 1 aromatic carbocycles. The lowest BCUT2D eigenvalue weighted by atomic mass is 10.1. The van der Waals surface area contributed by atoms with Gasteiger partial charge in [-0.25, -0.2) is 0 Å². The molecular formula is C12H15N5O3. The van der Waals surface area contributed by atoms with E-state index in [1.807, 2.05) is 0 Å². The van der Waals surface area contributed by atoms with Gasteiger partial charge in [-0.05, 0) is 19.9 Å². The molecule has 0 aliphatic heterocycles. The number of aromatic amines is 1. The summed E-state index contributed by atoms with van der Waals surface area (Å²) in [5, 5.41) is 20.5. The molecule has 0 radical (unpaired) electrons. The summed E-state index contributed by atoms with van der Waals surface area (Å²) in [6.45, 7) is 3.83. The molecule has 0 unspecified atom stereocenters. The van der Waals surface area contributed by atoms with Crippen molar-refractivity contribution in [1.29, 1.82) is 0 Å². The number of hydrogen-bond donors (Lipinski definition) is 3. The van der Waals surface area contributed by atoms with E-state index >= 15 is 0 Å². The van der Waals surface area contributed by atoms with Crippen molar-refractivity contribution in [2.45, 2.75) is 19.4 Å². The molecule has 0 bridgehead atoms. The smallest absolute Gasteiger partial charge is 0.272 e. The SMILES string of the molecule is CC(C)(CN)NC(=O)c1n[nH]c2ccc([N+](=O)[O-])cc12. The topological polar surface area (TPSA) is 127 Å². The Hall–Kier alpha value is -2.48. The van der Waals surface area contributed by atoms with Crippen LogP contribution in [0, 0.1) is 10.1 Å². The second-order valence-corrected chi connectivity index (χ2v) is 5.10. The third-order valence-electron chi connectivity index (χ3n) is 2.93. The predicted molar refractivity (Wildman–Crippen MR) is 73.3 cm³/mol. The van der Waals surface area contributed by atoms with Crippen molar-refractivity contribution in [2.75, 3.05) is 6.54 Å². The monoisotopic (exact) mass is 277 g/mol. The van der Waals surface area contributed by atoms with Crippen LogP contribution in [0.15, 0.2) is 18.2 Å². The summed E-state index contributed by atoms with van der Waals surface area (Å²) >= 11 is 0. The maximum Gasteiger partial charge on any atom is 0.272 e. The van der Waals surface area contributed by atoms with E-state index in [2.05, 4.69) is 15.5 Å². The van der Waals surface area contributed by atoms with Crippen LogP contribution in [0.5, 0.6) is 0 Å². The molecule has 0 saturated heterocycles. The summed E-state index contributed by atoms with van der Waals surface area (Å²) in [6, 6.07) is 4.19. The third-order valence-corrected chi connectivity index (χ3v) is 2.93. The number of rotatable bonds is 4. The van der Waals surface area contributed by atoms with Gasteiger partial charge in [0.05, 0.1) is 10.4 Å². The maximum atomic E-state index is 12.2. The number of carbonyl (C=O) groups is 1. The fourth-order valence-electron chi connectivity index (χ4n) is 1.71. The molecule has 8 nitrogen and oxygen atoms in total. The summed E-state index contributed by atoms with van der Waals surface area (Å²) in [6.07, 6.45) is 0. The molecule has 0 aliphatic carbocycles. The summed E-state index contributed by atoms with van der Waals surface area (Å²) in [4.78, 5) is 22.4. The van der Waals surface area contributed by atoms with Gasteiger partial charge in [0.1, 0.15) is 0 Å². The van der Waals surface area contributed by atoms with Crippen molar-refractivity contribution in [3.05, 3.63) is 34.0 Å². The zero-order valence-electron chi connectivity index (χ0n) is 11.1. The van der Waals surface area contributed by atoms with Gasteiger partial charge in [-0.15, -0.1) is 0 Å². The predicted octanol–water partition coefficient (Wildman–Crippen LogP) is 0.938. The number of non-ortho nitro benzene ring substituents is 1. The van der Waals surface area contributed by atoms with E-state index in [0.717, 1.165) is 0 Å². The highest BCUT2D eigenvalue weighted by Crippen LogP contribution is 2.22. The molecule has 20 heavy (non-hydrogen) atoms. The molecule has 2 aromatic rings. The molecule has 8 heteroatoms. The van der Waals surface area contributed by atoms with Gasteiger partial charge < -0.3 is 11.1 Å². The minimum atomic E-state index is -0.580. The van der Waals surface area contributed by atoms with Crippen molar-refractivity contribution < 1.29 is 9.72 Å². The normalized spacial score (nSPS) is 11.6. The van der Waals surface area contributed by atoms with Crippen LogP contribution in [0.2, 0.25) is 0 Å². The number of fused-ring (bicyclic) bond motifs is 1. The van der Waals surface area contributed by atoms with Gasteiger partial charge in [0.2, 0.25) is 0 Å². The van der Waals surface area contributed by atoms with Crippen molar-refractivity contribution in [3.8, 4) is 0 Å². The van der Waals surface area contributed by atoms with Crippen LogP contribution >= 0.6 is 0 Å². The Morgan fingerprint density at radius 3 is 2.85 bits per heavy atom. The van der Waals surface area contributed by atoms with E-state index in [9.17, 15) is 14.9 Å². The summed E-state index contributed by atoms with van der Waals surface area (Å²) in [5.74, 6) is -0.424. The van der Waals surface area contributed by atoms with Crippen LogP contribution in [0.1, 0.15) is 24.3 Å². The molecule has 0 fully saturated rings. The van der Waals surface area contributed by atoms with Gasteiger partial charge in [-0.2, -0.15) is 5.10 Å². The first kappa shape index (κ1) is 13.9.